The molecule has 3 heterocycles. The Balaban J connectivity index is 1.04. The van der Waals surface area contributed by atoms with Gasteiger partial charge in [0.2, 0.25) is 0 Å². The van der Waals surface area contributed by atoms with Crippen molar-refractivity contribution in [3.8, 4) is 16.9 Å². The van der Waals surface area contributed by atoms with Crippen molar-refractivity contribution in [2.75, 3.05) is 29.9 Å². The molecule has 6 rings (SSSR count). The summed E-state index contributed by atoms with van der Waals surface area (Å²) >= 11 is 1.51. The summed E-state index contributed by atoms with van der Waals surface area (Å²) in [5.74, 6) is 0.771. The zero-order chi connectivity index (χ0) is 29.1. The number of ether oxygens (including phenoxy) is 1. The van der Waals surface area contributed by atoms with E-state index in [1.54, 1.807) is 30.5 Å². The Morgan fingerprint density at radius 1 is 0.976 bits per heavy atom. The van der Waals surface area contributed by atoms with Gasteiger partial charge in [-0.25, -0.2) is 9.78 Å². The van der Waals surface area contributed by atoms with E-state index in [1.807, 2.05) is 37.3 Å². The quantitative estimate of drug-likeness (QED) is 0.198. The molecule has 42 heavy (non-hydrogen) atoms. The number of aromatic carboxylic acids is 1. The number of nitrogens with zero attached hydrogens (tertiary/aromatic N) is 2. The van der Waals surface area contributed by atoms with Crippen molar-refractivity contribution in [3.05, 3.63) is 107 Å². The first-order valence-corrected chi connectivity index (χ1v) is 14.8. The average molecular weight is 578 g/mol. The van der Waals surface area contributed by atoms with Crippen LogP contribution < -0.4 is 15.0 Å². The zero-order valence-electron chi connectivity index (χ0n) is 23.2. The number of hydrogen-bond donors (Lipinski definition) is 2. The van der Waals surface area contributed by atoms with Crippen LogP contribution in [-0.2, 0) is 0 Å². The van der Waals surface area contributed by atoms with Gasteiger partial charge < -0.3 is 20.1 Å². The number of carbonyl (C=O) groups excluding carboxylic acids is 1. The van der Waals surface area contributed by atoms with E-state index in [9.17, 15) is 9.59 Å². The monoisotopic (exact) mass is 577 g/mol. The van der Waals surface area contributed by atoms with Gasteiger partial charge in [-0.05, 0) is 90.2 Å². The molecule has 1 saturated heterocycles. The van der Waals surface area contributed by atoms with Crippen LogP contribution >= 0.6 is 11.3 Å². The summed E-state index contributed by atoms with van der Waals surface area (Å²) in [6.07, 6.45) is 3.63. The predicted molar refractivity (Wildman–Crippen MR) is 168 cm³/mol. The van der Waals surface area contributed by atoms with Crippen LogP contribution in [0.3, 0.4) is 0 Å². The van der Waals surface area contributed by atoms with Crippen molar-refractivity contribution in [1.82, 2.24) is 4.98 Å². The fourth-order valence-electron chi connectivity index (χ4n) is 5.34. The predicted octanol–water partition coefficient (Wildman–Crippen LogP) is 7.52. The molecule has 1 amide bonds. The lowest BCUT2D eigenvalue weighted by Gasteiger charge is -2.32. The van der Waals surface area contributed by atoms with E-state index >= 15 is 0 Å². The molecule has 1 aliphatic heterocycles. The van der Waals surface area contributed by atoms with Gasteiger partial charge in [-0.2, -0.15) is 0 Å². The third kappa shape index (κ3) is 5.99. The van der Waals surface area contributed by atoms with E-state index in [0.717, 1.165) is 58.5 Å². The summed E-state index contributed by atoms with van der Waals surface area (Å²) < 4.78 is 6.97. The first-order chi connectivity index (χ1) is 20.4. The summed E-state index contributed by atoms with van der Waals surface area (Å²) in [5.41, 5.74) is 4.17. The lowest BCUT2D eigenvalue weighted by atomic mass is 9.98. The van der Waals surface area contributed by atoms with E-state index in [0.29, 0.717) is 28.8 Å². The maximum atomic E-state index is 13.2. The summed E-state index contributed by atoms with van der Waals surface area (Å²) in [4.78, 5) is 32.0. The molecule has 0 saturated carbocycles. The SMILES string of the molecule is Cc1c(C(=O)Nc2ccc(N3CCC(COc4cccc(C(=O)O)c4)CC3)nc2)sc2ccc(-c3ccccc3)cc12. The minimum atomic E-state index is -0.959. The number of thiophene rings is 1. The average Bonchev–Trinajstić information content (AvgIpc) is 3.37. The Morgan fingerprint density at radius 2 is 1.79 bits per heavy atom. The van der Waals surface area contributed by atoms with Crippen molar-refractivity contribution in [2.24, 2.45) is 5.92 Å². The molecule has 0 bridgehead atoms. The second kappa shape index (κ2) is 12.0. The van der Waals surface area contributed by atoms with E-state index < -0.39 is 5.97 Å². The van der Waals surface area contributed by atoms with Gasteiger partial charge in [0.1, 0.15) is 11.6 Å². The minimum absolute atomic E-state index is 0.126. The highest BCUT2D eigenvalue weighted by Gasteiger charge is 2.22. The van der Waals surface area contributed by atoms with Gasteiger partial charge in [-0.3, -0.25) is 4.79 Å². The number of piperidine rings is 1. The second-order valence-electron chi connectivity index (χ2n) is 10.6. The van der Waals surface area contributed by atoms with Gasteiger partial charge in [-0.15, -0.1) is 11.3 Å². The highest BCUT2D eigenvalue weighted by atomic mass is 32.1. The molecule has 7 nitrogen and oxygen atoms in total. The molecule has 2 N–H and O–H groups in total. The van der Waals surface area contributed by atoms with E-state index in [-0.39, 0.29) is 11.5 Å². The molecule has 5 aromatic rings. The van der Waals surface area contributed by atoms with Crippen LogP contribution in [0.25, 0.3) is 21.2 Å². The van der Waals surface area contributed by atoms with Crippen LogP contribution in [0, 0.1) is 12.8 Å². The van der Waals surface area contributed by atoms with Crippen LogP contribution in [0.1, 0.15) is 38.4 Å². The maximum Gasteiger partial charge on any atom is 0.335 e. The number of aryl methyl sites for hydroxylation is 1. The highest BCUT2D eigenvalue weighted by Crippen LogP contribution is 2.34. The smallest absolute Gasteiger partial charge is 0.335 e. The summed E-state index contributed by atoms with van der Waals surface area (Å²) in [7, 11) is 0. The standard InChI is InChI=1S/C34H31N3O4S/c1-22-29-19-25(24-6-3-2-4-7-24)10-12-30(29)42-32(22)33(38)36-27-11-13-31(35-20-27)37-16-14-23(15-17-37)21-41-28-9-5-8-26(18-28)34(39)40/h2-13,18-20,23H,14-17,21H2,1H3,(H,36,38)(H,39,40). The van der Waals surface area contributed by atoms with Crippen LogP contribution in [0.4, 0.5) is 11.5 Å². The largest absolute Gasteiger partial charge is 0.493 e. The van der Waals surface area contributed by atoms with E-state index in [2.05, 4.69) is 45.5 Å². The summed E-state index contributed by atoms with van der Waals surface area (Å²) in [6, 6.07) is 27.1. The Morgan fingerprint density at radius 3 is 2.52 bits per heavy atom. The number of nitrogens with one attached hydrogen (secondary N) is 1. The fourth-order valence-corrected chi connectivity index (χ4v) is 6.43. The third-order valence-corrected chi connectivity index (χ3v) is 9.03. The first kappa shape index (κ1) is 27.5. The number of amides is 1. The van der Waals surface area contributed by atoms with Crippen molar-refractivity contribution in [2.45, 2.75) is 19.8 Å². The molecule has 212 valence electrons. The molecule has 1 aliphatic rings. The lowest BCUT2D eigenvalue weighted by molar-refractivity contribution is 0.0696. The number of carboxylic acid groups (broad SMARTS) is 1. The number of pyridine rings is 1. The molecular weight excluding hydrogens is 546 g/mol. The van der Waals surface area contributed by atoms with Gasteiger partial charge in [0, 0.05) is 17.8 Å². The fraction of sp³-hybridized carbons (Fsp3) is 0.206. The molecule has 0 spiro atoms. The topological polar surface area (TPSA) is 91.8 Å². The van der Waals surface area contributed by atoms with Gasteiger partial charge >= 0.3 is 5.97 Å². The van der Waals surface area contributed by atoms with Crippen molar-refractivity contribution in [3.63, 3.8) is 0 Å². The number of carboxylic acids is 1. The molecular formula is C34H31N3O4S. The van der Waals surface area contributed by atoms with Crippen LogP contribution in [0.15, 0.2) is 91.1 Å². The summed E-state index contributed by atoms with van der Waals surface area (Å²) in [5, 5.41) is 13.3. The Bertz CT molecular complexity index is 1730. The van der Waals surface area contributed by atoms with Crippen molar-refractivity contribution >= 4 is 44.8 Å². The molecule has 0 radical (unpaired) electrons. The number of rotatable bonds is 8. The maximum absolute atomic E-state index is 13.2. The highest BCUT2D eigenvalue weighted by molar-refractivity contribution is 7.21. The van der Waals surface area contributed by atoms with Gasteiger partial charge in [0.15, 0.2) is 0 Å². The zero-order valence-corrected chi connectivity index (χ0v) is 24.1. The number of aromatic nitrogens is 1. The molecule has 1 fully saturated rings. The Hall–Kier alpha value is -4.69. The van der Waals surface area contributed by atoms with E-state index in [4.69, 9.17) is 9.84 Å². The van der Waals surface area contributed by atoms with Gasteiger partial charge in [0.25, 0.3) is 5.91 Å². The number of fused-ring (bicyclic) bond motifs is 1. The van der Waals surface area contributed by atoms with Crippen LogP contribution in [0.5, 0.6) is 5.75 Å². The minimum Gasteiger partial charge on any atom is -0.493 e. The second-order valence-corrected chi connectivity index (χ2v) is 11.6. The Labute approximate surface area is 248 Å². The van der Waals surface area contributed by atoms with E-state index in [1.165, 1.54) is 11.3 Å². The third-order valence-electron chi connectivity index (χ3n) is 7.76. The van der Waals surface area contributed by atoms with Crippen LogP contribution in [0.2, 0.25) is 0 Å². The Kier molecular flexibility index (Phi) is 7.88. The number of benzene rings is 3. The molecule has 0 unspecified atom stereocenters. The molecule has 0 aliphatic carbocycles. The molecule has 0 atom stereocenters. The van der Waals surface area contributed by atoms with Crippen LogP contribution in [-0.4, -0.2) is 41.7 Å². The van der Waals surface area contributed by atoms with Gasteiger partial charge in [0.05, 0.1) is 28.9 Å². The van der Waals surface area contributed by atoms with Crippen molar-refractivity contribution in [1.29, 1.82) is 0 Å². The number of hydrogen-bond acceptors (Lipinski definition) is 6. The number of anilines is 2. The molecule has 3 aromatic carbocycles. The first-order valence-electron chi connectivity index (χ1n) is 14.0. The lowest BCUT2D eigenvalue weighted by Crippen LogP contribution is -2.36. The molecule has 2 aromatic heterocycles. The number of carbonyl (C=O) groups is 2. The molecule has 8 heteroatoms. The van der Waals surface area contributed by atoms with Gasteiger partial charge in [-0.1, -0.05) is 42.5 Å². The normalized spacial score (nSPS) is 13.7. The summed E-state index contributed by atoms with van der Waals surface area (Å²) in [6.45, 7) is 4.27. The van der Waals surface area contributed by atoms with Crippen molar-refractivity contribution < 1.29 is 19.4 Å².